The summed E-state index contributed by atoms with van der Waals surface area (Å²) in [5.41, 5.74) is 7.98. The third kappa shape index (κ3) is 3.13. The van der Waals surface area contributed by atoms with E-state index in [1.54, 1.807) is 5.56 Å². The molecular weight excluding hydrogens is 312 g/mol. The van der Waals surface area contributed by atoms with Crippen molar-refractivity contribution in [2.24, 2.45) is 0 Å². The quantitative estimate of drug-likeness (QED) is 0.501. The van der Waals surface area contributed by atoms with Gasteiger partial charge in [0.25, 0.3) is 0 Å². The van der Waals surface area contributed by atoms with Crippen LogP contribution in [0, 0.1) is 0 Å². The van der Waals surface area contributed by atoms with Crippen LogP contribution in [0.25, 0.3) is 0 Å². The van der Waals surface area contributed by atoms with E-state index in [9.17, 15) is 0 Å². The molecule has 0 heteroatoms. The van der Waals surface area contributed by atoms with Crippen LogP contribution in [0.2, 0.25) is 0 Å². The molecule has 0 heterocycles. The Morgan fingerprint density at radius 1 is 0.769 bits per heavy atom. The molecular formula is C26H36. The first-order chi connectivity index (χ1) is 11.8. The van der Waals surface area contributed by atoms with Crippen LogP contribution in [0.15, 0.2) is 42.5 Å². The van der Waals surface area contributed by atoms with Gasteiger partial charge in [-0.25, -0.2) is 0 Å². The highest BCUT2D eigenvalue weighted by Gasteiger charge is 2.45. The fourth-order valence-corrected chi connectivity index (χ4v) is 4.85. The average molecular weight is 349 g/mol. The van der Waals surface area contributed by atoms with E-state index in [0.29, 0.717) is 11.8 Å². The van der Waals surface area contributed by atoms with Gasteiger partial charge in [-0.15, -0.1) is 0 Å². The van der Waals surface area contributed by atoms with Crippen LogP contribution in [-0.2, 0) is 16.2 Å². The van der Waals surface area contributed by atoms with Gasteiger partial charge < -0.3 is 0 Å². The van der Waals surface area contributed by atoms with Crippen molar-refractivity contribution in [2.45, 2.75) is 90.4 Å². The van der Waals surface area contributed by atoms with Gasteiger partial charge in [0.05, 0.1) is 0 Å². The van der Waals surface area contributed by atoms with E-state index in [0.717, 1.165) is 0 Å². The van der Waals surface area contributed by atoms with Gasteiger partial charge in [-0.2, -0.15) is 0 Å². The second-order valence-corrected chi connectivity index (χ2v) is 10.9. The molecule has 0 fully saturated rings. The summed E-state index contributed by atoms with van der Waals surface area (Å²) in [6, 6.07) is 16.6. The Bertz CT molecular complexity index is 809. The van der Waals surface area contributed by atoms with Crippen LogP contribution in [0.5, 0.6) is 0 Å². The number of benzene rings is 2. The summed E-state index contributed by atoms with van der Waals surface area (Å²) < 4.78 is 0. The second kappa shape index (κ2) is 5.98. The Balaban J connectivity index is 2.11. The summed E-state index contributed by atoms with van der Waals surface area (Å²) >= 11 is 0. The highest BCUT2D eigenvalue weighted by Crippen LogP contribution is 2.56. The van der Waals surface area contributed by atoms with E-state index in [2.05, 4.69) is 105 Å². The summed E-state index contributed by atoms with van der Waals surface area (Å²) in [7, 11) is 0. The van der Waals surface area contributed by atoms with Crippen molar-refractivity contribution < 1.29 is 0 Å². The number of fused-ring (bicyclic) bond motifs is 1. The predicted octanol–water partition coefficient (Wildman–Crippen LogP) is 7.46. The van der Waals surface area contributed by atoms with Crippen LogP contribution in [0.4, 0.5) is 0 Å². The van der Waals surface area contributed by atoms with Crippen LogP contribution in [-0.4, -0.2) is 0 Å². The average Bonchev–Trinajstić information content (AvgIpc) is 2.72. The topological polar surface area (TPSA) is 0 Å². The maximum atomic E-state index is 2.49. The zero-order chi connectivity index (χ0) is 19.5. The molecule has 2 unspecified atom stereocenters. The van der Waals surface area contributed by atoms with Crippen LogP contribution < -0.4 is 0 Å². The minimum absolute atomic E-state index is 0.145. The molecule has 2 atom stereocenters. The van der Waals surface area contributed by atoms with Crippen molar-refractivity contribution in [3.8, 4) is 0 Å². The molecule has 0 nitrogen and oxygen atoms in total. The van der Waals surface area contributed by atoms with Crippen molar-refractivity contribution >= 4 is 0 Å². The predicted molar refractivity (Wildman–Crippen MR) is 114 cm³/mol. The monoisotopic (exact) mass is 348 g/mol. The van der Waals surface area contributed by atoms with Gasteiger partial charge >= 0.3 is 0 Å². The summed E-state index contributed by atoms with van der Waals surface area (Å²) in [5, 5.41) is 0. The number of hydrogen-bond donors (Lipinski definition) is 0. The molecule has 0 radical (unpaired) electrons. The van der Waals surface area contributed by atoms with Crippen LogP contribution in [0.3, 0.4) is 0 Å². The van der Waals surface area contributed by atoms with E-state index < -0.39 is 0 Å². The normalized spacial score (nSPS) is 22.3. The van der Waals surface area contributed by atoms with Gasteiger partial charge in [0.2, 0.25) is 0 Å². The van der Waals surface area contributed by atoms with Gasteiger partial charge in [0.15, 0.2) is 0 Å². The summed E-state index contributed by atoms with van der Waals surface area (Å²) in [6.07, 6.45) is 0. The highest BCUT2D eigenvalue weighted by molar-refractivity contribution is 5.51. The molecule has 1 aliphatic carbocycles. The van der Waals surface area contributed by atoms with E-state index in [4.69, 9.17) is 0 Å². The first-order valence-electron chi connectivity index (χ1n) is 10.1. The van der Waals surface area contributed by atoms with Crippen LogP contribution >= 0.6 is 0 Å². The van der Waals surface area contributed by atoms with E-state index >= 15 is 0 Å². The molecule has 0 amide bonds. The van der Waals surface area contributed by atoms with Crippen molar-refractivity contribution in [1.29, 1.82) is 0 Å². The SMILES string of the molecule is CC1c2ccc(C(C)(C)C)cc2C(C)(C)C1c1cccc(C(C)(C)C)c1. The summed E-state index contributed by atoms with van der Waals surface area (Å²) in [6.45, 7) is 21.1. The fourth-order valence-electron chi connectivity index (χ4n) is 4.85. The molecule has 26 heavy (non-hydrogen) atoms. The smallest absolute Gasteiger partial charge is 0.000362 e. The molecule has 0 saturated carbocycles. The van der Waals surface area contributed by atoms with Gasteiger partial charge in [0.1, 0.15) is 0 Å². The standard InChI is InChI=1S/C26H36/c1-17-21-14-13-20(25(5,6)7)16-22(21)26(8,9)23(17)18-11-10-12-19(15-18)24(2,3)4/h10-17,23H,1-9H3. The van der Waals surface area contributed by atoms with Crippen molar-refractivity contribution in [2.75, 3.05) is 0 Å². The van der Waals surface area contributed by atoms with Crippen LogP contribution in [0.1, 0.15) is 102 Å². The first kappa shape index (κ1) is 19.2. The largest absolute Gasteiger partial charge is 0.0617 e. The van der Waals surface area contributed by atoms with Crippen molar-refractivity contribution in [3.63, 3.8) is 0 Å². The van der Waals surface area contributed by atoms with Gasteiger partial charge in [-0.3, -0.25) is 0 Å². The van der Waals surface area contributed by atoms with E-state index in [1.165, 1.54) is 22.3 Å². The Morgan fingerprint density at radius 3 is 1.92 bits per heavy atom. The molecule has 0 aromatic heterocycles. The Labute approximate surface area is 161 Å². The van der Waals surface area contributed by atoms with Gasteiger partial charge in [-0.1, -0.05) is 105 Å². The van der Waals surface area contributed by atoms with E-state index in [-0.39, 0.29) is 16.2 Å². The molecule has 0 spiro atoms. The lowest BCUT2D eigenvalue weighted by Gasteiger charge is -2.32. The van der Waals surface area contributed by atoms with Gasteiger partial charge in [-0.05, 0) is 55.9 Å². The zero-order valence-corrected chi connectivity index (χ0v) is 18.2. The lowest BCUT2D eigenvalue weighted by Crippen LogP contribution is -2.24. The summed E-state index contributed by atoms with van der Waals surface area (Å²) in [4.78, 5) is 0. The minimum Gasteiger partial charge on any atom is -0.0617 e. The maximum Gasteiger partial charge on any atom is -0.000362 e. The fraction of sp³-hybridized carbons (Fsp3) is 0.538. The van der Waals surface area contributed by atoms with Crippen molar-refractivity contribution in [1.82, 2.24) is 0 Å². The molecule has 0 saturated heterocycles. The molecule has 2 aromatic carbocycles. The second-order valence-electron chi connectivity index (χ2n) is 10.9. The lowest BCUT2D eigenvalue weighted by molar-refractivity contribution is 0.410. The Kier molecular flexibility index (Phi) is 4.42. The Morgan fingerprint density at radius 2 is 1.35 bits per heavy atom. The third-order valence-electron chi connectivity index (χ3n) is 6.49. The molecule has 0 bridgehead atoms. The molecule has 0 N–H and O–H groups in total. The van der Waals surface area contributed by atoms with Crippen molar-refractivity contribution in [3.05, 3.63) is 70.3 Å². The number of hydrogen-bond acceptors (Lipinski definition) is 0. The lowest BCUT2D eigenvalue weighted by atomic mass is 9.71. The molecule has 1 aliphatic rings. The summed E-state index contributed by atoms with van der Waals surface area (Å²) in [5.74, 6) is 1.07. The molecule has 0 aliphatic heterocycles. The first-order valence-corrected chi connectivity index (χ1v) is 10.1. The molecule has 140 valence electrons. The minimum atomic E-state index is 0.145. The zero-order valence-electron chi connectivity index (χ0n) is 18.2. The molecule has 2 aromatic rings. The van der Waals surface area contributed by atoms with Gasteiger partial charge in [0, 0.05) is 0 Å². The molecule has 3 rings (SSSR count). The third-order valence-corrected chi connectivity index (χ3v) is 6.49. The Hall–Kier alpha value is -1.56. The number of rotatable bonds is 1. The highest BCUT2D eigenvalue weighted by atomic mass is 14.5. The van der Waals surface area contributed by atoms with E-state index in [1.807, 2.05) is 0 Å². The maximum absolute atomic E-state index is 2.49.